The third-order valence-electron chi connectivity index (χ3n) is 2.75. The monoisotopic (exact) mass is 302 g/mol. The lowest BCUT2D eigenvalue weighted by Gasteiger charge is -2.06. The Hall–Kier alpha value is -1.65. The Labute approximate surface area is 129 Å². The molecule has 4 heteroatoms. The minimum atomic E-state index is -0.320. The highest BCUT2D eigenvalue weighted by atomic mass is 32.1. The zero-order chi connectivity index (χ0) is 14.4. The second-order valence-electron chi connectivity index (χ2n) is 4.15. The van der Waals surface area contributed by atoms with Gasteiger partial charge in [-0.1, -0.05) is 42.5 Å². The molecule has 2 nitrogen and oxygen atoms in total. The Kier molecular flexibility index (Phi) is 5.32. The molecular formula is C16H14O2S2. The van der Waals surface area contributed by atoms with Gasteiger partial charge >= 0.3 is 5.97 Å². The molecule has 0 bridgehead atoms. The summed E-state index contributed by atoms with van der Waals surface area (Å²) in [5.41, 5.74) is 2.46. The SMILES string of the molecule is O=C(OCc1ccc(C(S)=CS)cc1)c1ccccc1. The Morgan fingerprint density at radius 3 is 2.25 bits per heavy atom. The van der Waals surface area contributed by atoms with Crippen LogP contribution in [0.5, 0.6) is 0 Å². The van der Waals surface area contributed by atoms with Crippen molar-refractivity contribution >= 4 is 36.1 Å². The number of thiol groups is 2. The summed E-state index contributed by atoms with van der Waals surface area (Å²) in [6.07, 6.45) is 0. The molecule has 2 aromatic carbocycles. The van der Waals surface area contributed by atoms with Crippen molar-refractivity contribution < 1.29 is 9.53 Å². The highest BCUT2D eigenvalue weighted by molar-refractivity contribution is 7.92. The lowest BCUT2D eigenvalue weighted by Crippen LogP contribution is -2.04. The number of carbonyl (C=O) groups is 1. The quantitative estimate of drug-likeness (QED) is 0.654. The fourth-order valence-corrected chi connectivity index (χ4v) is 1.95. The molecule has 0 heterocycles. The van der Waals surface area contributed by atoms with Crippen LogP contribution in [0.25, 0.3) is 4.91 Å². The molecule has 0 aromatic heterocycles. The number of rotatable bonds is 4. The molecule has 0 saturated carbocycles. The van der Waals surface area contributed by atoms with Gasteiger partial charge in [0.2, 0.25) is 0 Å². The van der Waals surface area contributed by atoms with Gasteiger partial charge in [0.15, 0.2) is 0 Å². The highest BCUT2D eigenvalue weighted by Gasteiger charge is 2.06. The average molecular weight is 302 g/mol. The minimum Gasteiger partial charge on any atom is -0.457 e. The first kappa shape index (κ1) is 14.8. The van der Waals surface area contributed by atoms with Gasteiger partial charge in [-0.15, -0.1) is 12.6 Å². The summed E-state index contributed by atoms with van der Waals surface area (Å²) in [5.74, 6) is -0.320. The third-order valence-corrected chi connectivity index (χ3v) is 3.60. The second-order valence-corrected chi connectivity index (χ2v) is 4.89. The van der Waals surface area contributed by atoms with Crippen LogP contribution in [0.15, 0.2) is 60.0 Å². The number of ether oxygens (including phenoxy) is 1. The molecule has 0 fully saturated rings. The van der Waals surface area contributed by atoms with Crippen LogP contribution >= 0.6 is 25.3 Å². The zero-order valence-electron chi connectivity index (χ0n) is 10.7. The summed E-state index contributed by atoms with van der Waals surface area (Å²) in [4.78, 5) is 12.6. The lowest BCUT2D eigenvalue weighted by molar-refractivity contribution is 0.0472. The normalized spacial score (nSPS) is 11.2. The molecule has 2 rings (SSSR count). The van der Waals surface area contributed by atoms with Gasteiger partial charge in [0.1, 0.15) is 6.61 Å². The van der Waals surface area contributed by atoms with E-state index in [2.05, 4.69) is 25.3 Å². The van der Waals surface area contributed by atoms with Crippen LogP contribution in [-0.2, 0) is 11.3 Å². The highest BCUT2D eigenvalue weighted by Crippen LogP contribution is 2.19. The smallest absolute Gasteiger partial charge is 0.338 e. The van der Waals surface area contributed by atoms with Gasteiger partial charge in [-0.25, -0.2) is 4.79 Å². The van der Waals surface area contributed by atoms with Gasteiger partial charge in [-0.3, -0.25) is 0 Å². The zero-order valence-corrected chi connectivity index (χ0v) is 12.5. The summed E-state index contributed by atoms with van der Waals surface area (Å²) in [6.45, 7) is 0.250. The Morgan fingerprint density at radius 2 is 1.65 bits per heavy atom. The van der Waals surface area contributed by atoms with Gasteiger partial charge in [0.05, 0.1) is 5.56 Å². The minimum absolute atomic E-state index is 0.250. The van der Waals surface area contributed by atoms with Gasteiger partial charge < -0.3 is 4.74 Å². The molecule has 0 amide bonds. The van der Waals surface area contributed by atoms with Gasteiger partial charge in [0.25, 0.3) is 0 Å². The molecule has 0 N–H and O–H groups in total. The van der Waals surface area contributed by atoms with Crippen molar-refractivity contribution in [3.8, 4) is 0 Å². The molecule has 0 spiro atoms. The van der Waals surface area contributed by atoms with Crippen LogP contribution in [0.3, 0.4) is 0 Å². The van der Waals surface area contributed by atoms with Crippen LogP contribution in [0.2, 0.25) is 0 Å². The fraction of sp³-hybridized carbons (Fsp3) is 0.0625. The predicted octanol–water partition coefficient (Wildman–Crippen LogP) is 4.20. The molecule has 20 heavy (non-hydrogen) atoms. The van der Waals surface area contributed by atoms with E-state index >= 15 is 0 Å². The number of carbonyl (C=O) groups excluding carboxylic acids is 1. The predicted molar refractivity (Wildman–Crippen MR) is 88.0 cm³/mol. The third kappa shape index (κ3) is 3.92. The first-order valence-corrected chi connectivity index (χ1v) is 7.02. The maximum atomic E-state index is 11.8. The van der Waals surface area contributed by atoms with Gasteiger partial charge in [-0.05, 0) is 28.7 Å². The van der Waals surface area contributed by atoms with E-state index in [1.807, 2.05) is 42.5 Å². The maximum absolute atomic E-state index is 11.8. The lowest BCUT2D eigenvalue weighted by atomic mass is 10.1. The molecular weight excluding hydrogens is 288 g/mol. The Morgan fingerprint density at radius 1 is 1.00 bits per heavy atom. The number of hydrogen-bond donors (Lipinski definition) is 2. The van der Waals surface area contributed by atoms with Crippen molar-refractivity contribution in [2.24, 2.45) is 0 Å². The Bertz CT molecular complexity index is 604. The van der Waals surface area contributed by atoms with E-state index in [4.69, 9.17) is 4.74 Å². The van der Waals surface area contributed by atoms with Crippen molar-refractivity contribution in [1.82, 2.24) is 0 Å². The molecule has 0 radical (unpaired) electrons. The van der Waals surface area contributed by atoms with Crippen LogP contribution in [0, 0.1) is 0 Å². The Balaban J connectivity index is 1.96. The van der Waals surface area contributed by atoms with Crippen molar-refractivity contribution in [1.29, 1.82) is 0 Å². The van der Waals surface area contributed by atoms with Crippen LogP contribution in [-0.4, -0.2) is 5.97 Å². The van der Waals surface area contributed by atoms with Crippen LogP contribution < -0.4 is 0 Å². The number of esters is 1. The van der Waals surface area contributed by atoms with Crippen molar-refractivity contribution in [3.63, 3.8) is 0 Å². The van der Waals surface area contributed by atoms with Crippen molar-refractivity contribution in [2.75, 3.05) is 0 Å². The van der Waals surface area contributed by atoms with Gasteiger partial charge in [-0.2, -0.15) is 12.6 Å². The van der Waals surface area contributed by atoms with Crippen LogP contribution in [0.4, 0.5) is 0 Å². The van der Waals surface area contributed by atoms with E-state index < -0.39 is 0 Å². The summed E-state index contributed by atoms with van der Waals surface area (Å²) < 4.78 is 5.25. The van der Waals surface area contributed by atoms with E-state index in [9.17, 15) is 4.79 Å². The molecule has 0 unspecified atom stereocenters. The molecule has 0 aliphatic heterocycles. The molecule has 102 valence electrons. The number of hydrogen-bond acceptors (Lipinski definition) is 4. The first-order valence-electron chi connectivity index (χ1n) is 6.05. The molecule has 0 saturated heterocycles. The molecule has 0 atom stereocenters. The fourth-order valence-electron chi connectivity index (χ4n) is 1.65. The largest absolute Gasteiger partial charge is 0.457 e. The van der Waals surface area contributed by atoms with E-state index in [0.29, 0.717) is 5.56 Å². The summed E-state index contributed by atoms with van der Waals surface area (Å²) in [6, 6.07) is 16.6. The van der Waals surface area contributed by atoms with E-state index in [0.717, 1.165) is 16.0 Å². The van der Waals surface area contributed by atoms with E-state index in [1.54, 1.807) is 17.5 Å². The maximum Gasteiger partial charge on any atom is 0.338 e. The molecule has 2 aromatic rings. The van der Waals surface area contributed by atoms with E-state index in [-0.39, 0.29) is 12.6 Å². The summed E-state index contributed by atoms with van der Waals surface area (Å²) >= 11 is 8.34. The van der Waals surface area contributed by atoms with Crippen LogP contribution in [0.1, 0.15) is 21.5 Å². The van der Waals surface area contributed by atoms with Gasteiger partial charge in [0, 0.05) is 4.91 Å². The summed E-state index contributed by atoms with van der Waals surface area (Å²) in [7, 11) is 0. The first-order chi connectivity index (χ1) is 9.70. The number of benzene rings is 2. The molecule has 0 aliphatic carbocycles. The van der Waals surface area contributed by atoms with Crippen molar-refractivity contribution in [2.45, 2.75) is 6.61 Å². The topological polar surface area (TPSA) is 26.3 Å². The molecule has 0 aliphatic rings. The van der Waals surface area contributed by atoms with E-state index in [1.165, 1.54) is 0 Å². The van der Waals surface area contributed by atoms with Crippen molar-refractivity contribution in [3.05, 3.63) is 76.7 Å². The summed E-state index contributed by atoms with van der Waals surface area (Å²) in [5, 5.41) is 1.63. The second kappa shape index (κ2) is 7.22. The standard InChI is InChI=1S/C16H14O2S2/c17-16(14-4-2-1-3-5-14)18-10-12-6-8-13(9-7-12)15(20)11-19/h1-9,11,19-20H,10H2. The average Bonchev–Trinajstić information content (AvgIpc) is 2.53.